The molecule has 1 heterocycles. The van der Waals surface area contributed by atoms with E-state index in [9.17, 15) is 14.9 Å². The molecule has 1 aromatic heterocycles. The summed E-state index contributed by atoms with van der Waals surface area (Å²) in [6.07, 6.45) is 0. The van der Waals surface area contributed by atoms with Gasteiger partial charge in [-0.15, -0.1) is 11.3 Å². The van der Waals surface area contributed by atoms with Crippen molar-refractivity contribution in [3.63, 3.8) is 0 Å². The molecule has 1 aromatic carbocycles. The molecule has 0 aliphatic carbocycles. The van der Waals surface area contributed by atoms with Crippen LogP contribution in [0.2, 0.25) is 0 Å². The number of urea groups is 1. The number of nitro benzene ring substituents is 1. The Morgan fingerprint density at radius 3 is 2.76 bits per heavy atom. The summed E-state index contributed by atoms with van der Waals surface area (Å²) in [5.74, 6) is 0. The van der Waals surface area contributed by atoms with Crippen LogP contribution in [0.1, 0.15) is 17.8 Å². The highest BCUT2D eigenvalue weighted by Crippen LogP contribution is 2.24. The molecule has 2 amide bonds. The molecule has 2 aromatic rings. The van der Waals surface area contributed by atoms with Gasteiger partial charge in [-0.25, -0.2) is 4.79 Å². The summed E-state index contributed by atoms with van der Waals surface area (Å²) >= 11 is 1.58. The monoisotopic (exact) mass is 305 g/mol. The Kier molecular flexibility index (Phi) is 4.54. The van der Waals surface area contributed by atoms with Crippen molar-refractivity contribution in [3.8, 4) is 0 Å². The molecule has 6 nitrogen and oxygen atoms in total. The number of carbonyl (C=O) groups excluding carboxylic acids is 1. The maximum atomic E-state index is 12.2. The van der Waals surface area contributed by atoms with E-state index in [2.05, 4.69) is 5.32 Å². The van der Waals surface area contributed by atoms with Gasteiger partial charge in [0.2, 0.25) is 0 Å². The number of thiophene rings is 1. The molecule has 0 fully saturated rings. The molecular formula is C14H15N3O3S. The van der Waals surface area contributed by atoms with Crippen LogP contribution in [0, 0.1) is 10.1 Å². The standard InChI is InChI=1S/C14H15N3O3S/c1-10(13-7-4-8-21-13)16(2)14(18)15-11-5-3-6-12(9-11)17(19)20/h3-10H,1-2H3,(H,15,18)/t10-/m1/s1. The molecule has 1 N–H and O–H groups in total. The zero-order chi connectivity index (χ0) is 15.4. The number of nitrogens with one attached hydrogen (secondary N) is 1. The van der Waals surface area contributed by atoms with Gasteiger partial charge in [-0.2, -0.15) is 0 Å². The maximum Gasteiger partial charge on any atom is 0.322 e. The second-order valence-electron chi connectivity index (χ2n) is 4.54. The van der Waals surface area contributed by atoms with Gasteiger partial charge in [-0.3, -0.25) is 10.1 Å². The van der Waals surface area contributed by atoms with Crippen molar-refractivity contribution in [2.45, 2.75) is 13.0 Å². The molecular weight excluding hydrogens is 290 g/mol. The van der Waals surface area contributed by atoms with E-state index in [4.69, 9.17) is 0 Å². The van der Waals surface area contributed by atoms with Gasteiger partial charge in [-0.1, -0.05) is 12.1 Å². The van der Waals surface area contributed by atoms with Crippen molar-refractivity contribution in [2.75, 3.05) is 12.4 Å². The maximum absolute atomic E-state index is 12.2. The third kappa shape index (κ3) is 3.57. The van der Waals surface area contributed by atoms with Gasteiger partial charge >= 0.3 is 6.03 Å². The van der Waals surface area contributed by atoms with Crippen LogP contribution >= 0.6 is 11.3 Å². The Balaban J connectivity index is 2.07. The van der Waals surface area contributed by atoms with Gasteiger partial charge in [-0.05, 0) is 24.4 Å². The number of rotatable bonds is 4. The van der Waals surface area contributed by atoms with Crippen molar-refractivity contribution >= 4 is 28.7 Å². The Morgan fingerprint density at radius 2 is 2.14 bits per heavy atom. The topological polar surface area (TPSA) is 75.5 Å². The summed E-state index contributed by atoms with van der Waals surface area (Å²) in [4.78, 5) is 25.0. The fourth-order valence-corrected chi connectivity index (χ4v) is 2.63. The van der Waals surface area contributed by atoms with E-state index in [0.29, 0.717) is 5.69 Å². The summed E-state index contributed by atoms with van der Waals surface area (Å²) in [6, 6.07) is 9.40. The van der Waals surface area contributed by atoms with Crippen molar-refractivity contribution in [1.29, 1.82) is 0 Å². The number of nitrogens with zero attached hydrogens (tertiary/aromatic N) is 2. The van der Waals surface area contributed by atoms with Crippen LogP contribution in [0.4, 0.5) is 16.2 Å². The SMILES string of the molecule is C[C@H](c1cccs1)N(C)C(=O)Nc1cccc([N+](=O)[O-])c1. The second-order valence-corrected chi connectivity index (χ2v) is 5.52. The van der Waals surface area contributed by atoms with Crippen molar-refractivity contribution in [2.24, 2.45) is 0 Å². The van der Waals surface area contributed by atoms with E-state index >= 15 is 0 Å². The van der Waals surface area contributed by atoms with E-state index in [-0.39, 0.29) is 17.8 Å². The van der Waals surface area contributed by atoms with Crippen LogP contribution in [0.15, 0.2) is 41.8 Å². The molecule has 0 aliphatic heterocycles. The smallest absolute Gasteiger partial charge is 0.320 e. The van der Waals surface area contributed by atoms with Crippen LogP contribution in [-0.4, -0.2) is 22.9 Å². The minimum atomic E-state index is -0.492. The number of nitro groups is 1. The molecule has 0 bridgehead atoms. The Bertz CT molecular complexity index is 643. The van der Waals surface area contributed by atoms with Crippen molar-refractivity contribution in [1.82, 2.24) is 4.90 Å². The van der Waals surface area contributed by atoms with Gasteiger partial charge in [0.05, 0.1) is 11.0 Å². The molecule has 21 heavy (non-hydrogen) atoms. The quantitative estimate of drug-likeness (QED) is 0.688. The Labute approximate surface area is 126 Å². The van der Waals surface area contributed by atoms with E-state index in [1.165, 1.54) is 18.2 Å². The first-order chi connectivity index (χ1) is 9.99. The van der Waals surface area contributed by atoms with E-state index < -0.39 is 4.92 Å². The number of carbonyl (C=O) groups is 1. The minimum absolute atomic E-state index is 0.0539. The predicted molar refractivity (Wildman–Crippen MR) is 82.6 cm³/mol. The summed E-state index contributed by atoms with van der Waals surface area (Å²) < 4.78 is 0. The zero-order valence-corrected chi connectivity index (χ0v) is 12.5. The molecule has 110 valence electrons. The molecule has 0 saturated carbocycles. The molecule has 0 unspecified atom stereocenters. The van der Waals surface area contributed by atoms with Crippen LogP contribution in [0.5, 0.6) is 0 Å². The lowest BCUT2D eigenvalue weighted by Gasteiger charge is -2.24. The first-order valence-corrected chi connectivity index (χ1v) is 7.18. The number of anilines is 1. The lowest BCUT2D eigenvalue weighted by molar-refractivity contribution is -0.384. The summed E-state index contributed by atoms with van der Waals surface area (Å²) in [5, 5.41) is 15.3. The number of hydrogen-bond acceptors (Lipinski definition) is 4. The molecule has 0 spiro atoms. The lowest BCUT2D eigenvalue weighted by Crippen LogP contribution is -2.33. The highest BCUT2D eigenvalue weighted by molar-refractivity contribution is 7.10. The molecule has 0 aliphatic rings. The second kappa shape index (κ2) is 6.36. The minimum Gasteiger partial charge on any atom is -0.320 e. The van der Waals surface area contributed by atoms with Gasteiger partial charge < -0.3 is 10.2 Å². The number of amides is 2. The van der Waals surface area contributed by atoms with Gasteiger partial charge in [0, 0.05) is 29.7 Å². The number of benzene rings is 1. The molecule has 1 atom stereocenters. The fourth-order valence-electron chi connectivity index (χ4n) is 1.80. The van der Waals surface area contributed by atoms with E-state index in [1.54, 1.807) is 29.4 Å². The Hall–Kier alpha value is -2.41. The normalized spacial score (nSPS) is 11.7. The third-order valence-electron chi connectivity index (χ3n) is 3.16. The highest BCUT2D eigenvalue weighted by Gasteiger charge is 2.18. The molecule has 0 saturated heterocycles. The zero-order valence-electron chi connectivity index (χ0n) is 11.6. The van der Waals surface area contributed by atoms with Crippen LogP contribution in [-0.2, 0) is 0 Å². The van der Waals surface area contributed by atoms with Crippen molar-refractivity contribution < 1.29 is 9.72 Å². The lowest BCUT2D eigenvalue weighted by atomic mass is 10.2. The highest BCUT2D eigenvalue weighted by atomic mass is 32.1. The Morgan fingerprint density at radius 1 is 1.38 bits per heavy atom. The number of hydrogen-bond donors (Lipinski definition) is 1. The average molecular weight is 305 g/mol. The van der Waals surface area contributed by atoms with Crippen LogP contribution in [0.25, 0.3) is 0 Å². The molecule has 7 heteroatoms. The fraction of sp³-hybridized carbons (Fsp3) is 0.214. The molecule has 2 rings (SSSR count). The summed E-state index contributed by atoms with van der Waals surface area (Å²) in [5.41, 5.74) is 0.348. The van der Waals surface area contributed by atoms with E-state index in [1.807, 2.05) is 24.4 Å². The third-order valence-corrected chi connectivity index (χ3v) is 4.21. The van der Waals surface area contributed by atoms with Crippen LogP contribution in [0.3, 0.4) is 0 Å². The molecule has 0 radical (unpaired) electrons. The van der Waals surface area contributed by atoms with Gasteiger partial charge in [0.1, 0.15) is 0 Å². The predicted octanol–water partition coefficient (Wildman–Crippen LogP) is 3.88. The van der Waals surface area contributed by atoms with Gasteiger partial charge in [0.25, 0.3) is 5.69 Å². The van der Waals surface area contributed by atoms with Gasteiger partial charge in [0.15, 0.2) is 0 Å². The number of non-ortho nitro benzene ring substituents is 1. The summed E-state index contributed by atoms with van der Waals surface area (Å²) in [6.45, 7) is 1.93. The van der Waals surface area contributed by atoms with Crippen LogP contribution < -0.4 is 5.32 Å². The van der Waals surface area contributed by atoms with Crippen molar-refractivity contribution in [3.05, 3.63) is 56.8 Å². The first kappa shape index (κ1) is 15.0. The first-order valence-electron chi connectivity index (χ1n) is 6.30. The largest absolute Gasteiger partial charge is 0.322 e. The van der Waals surface area contributed by atoms with E-state index in [0.717, 1.165) is 4.88 Å². The average Bonchev–Trinajstić information content (AvgIpc) is 3.00. The summed E-state index contributed by atoms with van der Waals surface area (Å²) in [7, 11) is 1.69.